The third-order valence-corrected chi connectivity index (χ3v) is 1.44. The summed E-state index contributed by atoms with van der Waals surface area (Å²) in [5.74, 6) is -0.254. The second-order valence-corrected chi connectivity index (χ2v) is 3.83. The molecule has 0 fully saturated rings. The van der Waals surface area contributed by atoms with Crippen LogP contribution in [0.3, 0.4) is 0 Å². The normalized spacial score (nSPS) is 13.8. The summed E-state index contributed by atoms with van der Waals surface area (Å²) in [6, 6.07) is 0. The standard InChI is InChI=1S/C11H18FN/c1-5-10(12)7-6-9(2)8-11(3,4)13/h5-7H,2,8,13H2,1,3-4H3/b7-6-,10-5+. The van der Waals surface area contributed by atoms with E-state index in [2.05, 4.69) is 6.58 Å². The fraction of sp³-hybridized carbons (Fsp3) is 0.455. The monoisotopic (exact) mass is 183 g/mol. The van der Waals surface area contributed by atoms with Gasteiger partial charge in [-0.3, -0.25) is 0 Å². The minimum atomic E-state index is -0.284. The molecule has 74 valence electrons. The molecule has 0 heterocycles. The van der Waals surface area contributed by atoms with Crippen LogP contribution in [0.2, 0.25) is 0 Å². The van der Waals surface area contributed by atoms with Crippen molar-refractivity contribution in [1.82, 2.24) is 0 Å². The van der Waals surface area contributed by atoms with E-state index >= 15 is 0 Å². The summed E-state index contributed by atoms with van der Waals surface area (Å²) in [5.41, 5.74) is 6.33. The van der Waals surface area contributed by atoms with Gasteiger partial charge in [0.25, 0.3) is 0 Å². The molecule has 2 N–H and O–H groups in total. The van der Waals surface area contributed by atoms with Gasteiger partial charge in [0, 0.05) is 5.54 Å². The average Bonchev–Trinajstić information content (AvgIpc) is 1.97. The Hall–Kier alpha value is -0.890. The molecule has 0 atom stereocenters. The summed E-state index contributed by atoms with van der Waals surface area (Å²) in [6.07, 6.45) is 5.12. The lowest BCUT2D eigenvalue weighted by Crippen LogP contribution is -2.31. The molecular formula is C11H18FN. The van der Waals surface area contributed by atoms with E-state index in [0.29, 0.717) is 6.42 Å². The number of nitrogens with two attached hydrogens (primary N) is 1. The van der Waals surface area contributed by atoms with Crippen molar-refractivity contribution in [2.45, 2.75) is 32.7 Å². The maximum Gasteiger partial charge on any atom is 0.118 e. The zero-order valence-electron chi connectivity index (χ0n) is 8.60. The highest BCUT2D eigenvalue weighted by Crippen LogP contribution is 2.13. The van der Waals surface area contributed by atoms with Crippen molar-refractivity contribution in [3.05, 3.63) is 36.2 Å². The first-order chi connectivity index (χ1) is 5.85. The fourth-order valence-corrected chi connectivity index (χ4v) is 0.938. The molecule has 0 aliphatic rings. The predicted octanol–water partition coefficient (Wildman–Crippen LogP) is 3.10. The molecule has 1 nitrogen and oxygen atoms in total. The van der Waals surface area contributed by atoms with Crippen molar-refractivity contribution < 1.29 is 4.39 Å². The molecule has 0 bridgehead atoms. The number of hydrogen-bond donors (Lipinski definition) is 1. The van der Waals surface area contributed by atoms with Gasteiger partial charge in [0.05, 0.1) is 0 Å². The Morgan fingerprint density at radius 1 is 1.46 bits per heavy atom. The van der Waals surface area contributed by atoms with Crippen LogP contribution in [0.1, 0.15) is 27.2 Å². The molecule has 0 radical (unpaired) electrons. The first-order valence-corrected chi connectivity index (χ1v) is 4.32. The van der Waals surface area contributed by atoms with Crippen LogP contribution in [0.25, 0.3) is 0 Å². The first-order valence-electron chi connectivity index (χ1n) is 4.32. The van der Waals surface area contributed by atoms with Crippen molar-refractivity contribution in [2.24, 2.45) is 5.73 Å². The number of allylic oxidation sites excluding steroid dienone is 4. The molecule has 0 aliphatic carbocycles. The van der Waals surface area contributed by atoms with Crippen molar-refractivity contribution in [2.75, 3.05) is 0 Å². The van der Waals surface area contributed by atoms with Crippen LogP contribution in [0.4, 0.5) is 4.39 Å². The van der Waals surface area contributed by atoms with Gasteiger partial charge in [0.2, 0.25) is 0 Å². The maximum atomic E-state index is 12.6. The van der Waals surface area contributed by atoms with Gasteiger partial charge in [-0.1, -0.05) is 24.3 Å². The van der Waals surface area contributed by atoms with E-state index in [0.717, 1.165) is 5.57 Å². The van der Waals surface area contributed by atoms with Gasteiger partial charge in [-0.15, -0.1) is 0 Å². The third-order valence-electron chi connectivity index (χ3n) is 1.44. The van der Waals surface area contributed by atoms with Gasteiger partial charge in [-0.25, -0.2) is 4.39 Å². The van der Waals surface area contributed by atoms with E-state index < -0.39 is 0 Å². The number of rotatable bonds is 4. The van der Waals surface area contributed by atoms with E-state index in [1.807, 2.05) is 13.8 Å². The van der Waals surface area contributed by atoms with E-state index in [4.69, 9.17) is 5.73 Å². The molecule has 2 heteroatoms. The second kappa shape index (κ2) is 4.97. The first kappa shape index (κ1) is 12.1. The highest BCUT2D eigenvalue weighted by atomic mass is 19.1. The number of halogens is 1. The zero-order valence-corrected chi connectivity index (χ0v) is 8.60. The Balaban J connectivity index is 4.10. The average molecular weight is 183 g/mol. The van der Waals surface area contributed by atoms with Gasteiger partial charge in [0.15, 0.2) is 0 Å². The van der Waals surface area contributed by atoms with Crippen molar-refractivity contribution in [1.29, 1.82) is 0 Å². The van der Waals surface area contributed by atoms with Crippen LogP contribution in [0.15, 0.2) is 36.2 Å². The van der Waals surface area contributed by atoms with E-state index in [-0.39, 0.29) is 11.4 Å². The summed E-state index contributed by atoms with van der Waals surface area (Å²) in [4.78, 5) is 0. The quantitative estimate of drug-likeness (QED) is 0.666. The lowest BCUT2D eigenvalue weighted by molar-refractivity contribution is 0.519. The summed E-state index contributed by atoms with van der Waals surface area (Å²) in [5, 5.41) is 0. The van der Waals surface area contributed by atoms with E-state index in [9.17, 15) is 4.39 Å². The largest absolute Gasteiger partial charge is 0.325 e. The van der Waals surface area contributed by atoms with Gasteiger partial charge in [-0.05, 0) is 33.3 Å². The van der Waals surface area contributed by atoms with Crippen LogP contribution in [0, 0.1) is 0 Å². The van der Waals surface area contributed by atoms with Gasteiger partial charge < -0.3 is 5.73 Å². The van der Waals surface area contributed by atoms with Crippen molar-refractivity contribution >= 4 is 0 Å². The molecule has 0 aliphatic heterocycles. The Morgan fingerprint density at radius 2 is 2.00 bits per heavy atom. The Bertz CT molecular complexity index is 231. The van der Waals surface area contributed by atoms with Crippen LogP contribution in [0.5, 0.6) is 0 Å². The van der Waals surface area contributed by atoms with Crippen molar-refractivity contribution in [3.8, 4) is 0 Å². The van der Waals surface area contributed by atoms with Gasteiger partial charge in [-0.2, -0.15) is 0 Å². The number of hydrogen-bond acceptors (Lipinski definition) is 1. The predicted molar refractivity (Wildman–Crippen MR) is 56.0 cm³/mol. The highest BCUT2D eigenvalue weighted by molar-refractivity contribution is 5.23. The minimum Gasteiger partial charge on any atom is -0.325 e. The Kier molecular flexibility index (Phi) is 4.63. The van der Waals surface area contributed by atoms with Crippen LogP contribution < -0.4 is 5.73 Å². The molecule has 0 aromatic heterocycles. The molecule has 13 heavy (non-hydrogen) atoms. The second-order valence-electron chi connectivity index (χ2n) is 3.83. The van der Waals surface area contributed by atoms with E-state index in [1.165, 1.54) is 12.2 Å². The van der Waals surface area contributed by atoms with Crippen LogP contribution in [-0.2, 0) is 0 Å². The smallest absolute Gasteiger partial charge is 0.118 e. The zero-order chi connectivity index (χ0) is 10.5. The summed E-state index contributed by atoms with van der Waals surface area (Å²) in [6.45, 7) is 9.26. The molecule has 0 amide bonds. The Morgan fingerprint density at radius 3 is 2.38 bits per heavy atom. The van der Waals surface area contributed by atoms with Gasteiger partial charge in [0.1, 0.15) is 5.83 Å². The molecule has 0 spiro atoms. The van der Waals surface area contributed by atoms with Gasteiger partial charge >= 0.3 is 0 Å². The topological polar surface area (TPSA) is 26.0 Å². The molecule has 0 aromatic rings. The highest BCUT2D eigenvalue weighted by Gasteiger charge is 2.10. The summed E-state index contributed by atoms with van der Waals surface area (Å²) in [7, 11) is 0. The Labute approximate surface area is 79.8 Å². The van der Waals surface area contributed by atoms with Crippen LogP contribution >= 0.6 is 0 Å². The molecule has 0 saturated heterocycles. The molecular weight excluding hydrogens is 165 g/mol. The molecule has 0 rings (SSSR count). The summed E-state index contributed by atoms with van der Waals surface area (Å²) >= 11 is 0. The van der Waals surface area contributed by atoms with Crippen molar-refractivity contribution in [3.63, 3.8) is 0 Å². The third kappa shape index (κ3) is 7.47. The van der Waals surface area contributed by atoms with E-state index in [1.54, 1.807) is 13.0 Å². The molecule has 0 unspecified atom stereocenters. The minimum absolute atomic E-state index is 0.254. The molecule has 0 saturated carbocycles. The fourth-order valence-electron chi connectivity index (χ4n) is 0.938. The molecule has 0 aromatic carbocycles. The van der Waals surface area contributed by atoms with Crippen LogP contribution in [-0.4, -0.2) is 5.54 Å². The SMILES string of the molecule is C=C(/C=C\C(F)=C/C)CC(C)(C)N. The summed E-state index contributed by atoms with van der Waals surface area (Å²) < 4.78 is 12.6. The lowest BCUT2D eigenvalue weighted by atomic mass is 9.97. The maximum absolute atomic E-state index is 12.6. The lowest BCUT2D eigenvalue weighted by Gasteiger charge is -2.17.